The van der Waals surface area contributed by atoms with Gasteiger partial charge in [0.15, 0.2) is 0 Å². The van der Waals surface area contributed by atoms with Crippen LogP contribution in [0.25, 0.3) is 0 Å². The molecule has 0 atom stereocenters. The van der Waals surface area contributed by atoms with Crippen molar-refractivity contribution in [2.24, 2.45) is 5.92 Å². The van der Waals surface area contributed by atoms with Crippen LogP contribution in [-0.2, 0) is 14.8 Å². The number of piperazine rings is 1. The molecule has 2 aliphatic rings. The Hall–Kier alpha value is -1.11. The lowest BCUT2D eigenvalue weighted by Gasteiger charge is -2.35. The molecule has 0 N–H and O–H groups in total. The van der Waals surface area contributed by atoms with Crippen LogP contribution < -0.4 is 0 Å². The van der Waals surface area contributed by atoms with E-state index in [1.807, 2.05) is 4.90 Å². The van der Waals surface area contributed by atoms with Crippen molar-refractivity contribution in [2.45, 2.75) is 43.4 Å². The zero-order chi connectivity index (χ0) is 17.9. The predicted molar refractivity (Wildman–Crippen MR) is 98.0 cm³/mol. The van der Waals surface area contributed by atoms with Crippen LogP contribution in [0.1, 0.15) is 38.5 Å². The normalized spacial score (nSPS) is 20.6. The third-order valence-electron chi connectivity index (χ3n) is 5.23. The molecule has 1 aromatic rings. The lowest BCUT2D eigenvalue weighted by Crippen LogP contribution is -2.50. The Labute approximate surface area is 155 Å². The molecule has 5 nitrogen and oxygen atoms in total. The van der Waals surface area contributed by atoms with Crippen LogP contribution >= 0.6 is 11.6 Å². The fourth-order valence-corrected chi connectivity index (χ4v) is 5.25. The van der Waals surface area contributed by atoms with E-state index in [0.29, 0.717) is 43.5 Å². The molecule has 1 aromatic carbocycles. The maximum absolute atomic E-state index is 12.7. The maximum atomic E-state index is 12.7. The van der Waals surface area contributed by atoms with Crippen LogP contribution in [-0.4, -0.2) is 49.7 Å². The van der Waals surface area contributed by atoms with Gasteiger partial charge in [0, 0.05) is 37.6 Å². The fraction of sp³-hybridized carbons (Fsp3) is 0.611. The smallest absolute Gasteiger partial charge is 0.243 e. The standard InChI is InChI=1S/C18H25ClN2O3S/c19-16-6-8-17(9-7-16)25(23,24)21-12-10-20(11-13-21)18(22)14-15-4-2-1-3-5-15/h6-9,15H,1-5,10-14H2. The first-order valence-corrected chi connectivity index (χ1v) is 10.8. The molecule has 138 valence electrons. The third-order valence-corrected chi connectivity index (χ3v) is 7.40. The van der Waals surface area contributed by atoms with Gasteiger partial charge in [0.05, 0.1) is 4.90 Å². The molecule has 0 bridgehead atoms. The highest BCUT2D eigenvalue weighted by molar-refractivity contribution is 7.89. The molecule has 1 aliphatic heterocycles. The van der Waals surface area contributed by atoms with Crippen molar-refractivity contribution in [3.05, 3.63) is 29.3 Å². The summed E-state index contributed by atoms with van der Waals surface area (Å²) in [6, 6.07) is 6.22. The lowest BCUT2D eigenvalue weighted by molar-refractivity contribution is -0.133. The van der Waals surface area contributed by atoms with Gasteiger partial charge in [-0.15, -0.1) is 0 Å². The average Bonchev–Trinajstić information content (AvgIpc) is 2.63. The van der Waals surface area contributed by atoms with Crippen LogP contribution in [0, 0.1) is 5.92 Å². The number of benzene rings is 1. The van der Waals surface area contributed by atoms with E-state index in [2.05, 4.69) is 0 Å². The summed E-state index contributed by atoms with van der Waals surface area (Å²) in [5.74, 6) is 0.688. The lowest BCUT2D eigenvalue weighted by atomic mass is 9.86. The molecule has 1 saturated heterocycles. The summed E-state index contributed by atoms with van der Waals surface area (Å²) < 4.78 is 26.8. The molecular weight excluding hydrogens is 360 g/mol. The van der Waals surface area contributed by atoms with Crippen LogP contribution in [0.15, 0.2) is 29.2 Å². The van der Waals surface area contributed by atoms with E-state index in [1.54, 1.807) is 12.1 Å². The Bertz CT molecular complexity index is 692. The molecule has 0 unspecified atom stereocenters. The highest BCUT2D eigenvalue weighted by Crippen LogP contribution is 2.27. The Balaban J connectivity index is 1.55. The first-order valence-electron chi connectivity index (χ1n) is 9.00. The summed E-state index contributed by atoms with van der Waals surface area (Å²) in [5, 5.41) is 0.511. The Morgan fingerprint density at radius 3 is 2.20 bits per heavy atom. The van der Waals surface area contributed by atoms with Crippen molar-refractivity contribution >= 4 is 27.5 Å². The summed E-state index contributed by atoms with van der Waals surface area (Å²) in [5.41, 5.74) is 0. The molecule has 0 spiro atoms. The van der Waals surface area contributed by atoms with Gasteiger partial charge in [0.2, 0.25) is 15.9 Å². The number of carbonyl (C=O) groups is 1. The Kier molecular flexibility index (Phi) is 6.02. The molecule has 0 aromatic heterocycles. The van der Waals surface area contributed by atoms with Crippen LogP contribution in [0.2, 0.25) is 5.02 Å². The number of amides is 1. The van der Waals surface area contributed by atoms with Gasteiger partial charge in [-0.05, 0) is 43.0 Å². The first-order chi connectivity index (χ1) is 12.0. The van der Waals surface area contributed by atoms with E-state index in [0.717, 1.165) is 12.8 Å². The number of carbonyl (C=O) groups excluding carboxylic acids is 1. The number of hydrogen-bond acceptors (Lipinski definition) is 3. The third kappa shape index (κ3) is 4.54. The highest BCUT2D eigenvalue weighted by Gasteiger charge is 2.30. The van der Waals surface area contributed by atoms with Crippen LogP contribution in [0.5, 0.6) is 0 Å². The summed E-state index contributed by atoms with van der Waals surface area (Å²) in [7, 11) is -3.52. The van der Waals surface area contributed by atoms with Crippen molar-refractivity contribution in [3.8, 4) is 0 Å². The van der Waals surface area contributed by atoms with E-state index in [4.69, 9.17) is 11.6 Å². The second-order valence-electron chi connectivity index (χ2n) is 6.95. The van der Waals surface area contributed by atoms with E-state index in [9.17, 15) is 13.2 Å². The number of sulfonamides is 1. The quantitative estimate of drug-likeness (QED) is 0.801. The SMILES string of the molecule is O=C(CC1CCCCC1)N1CCN(S(=O)(=O)c2ccc(Cl)cc2)CC1. The van der Waals surface area contributed by atoms with Gasteiger partial charge < -0.3 is 4.90 Å². The fourth-order valence-electron chi connectivity index (χ4n) is 3.70. The molecule has 2 fully saturated rings. The average molecular weight is 385 g/mol. The minimum absolute atomic E-state index is 0.176. The van der Waals surface area contributed by atoms with Gasteiger partial charge in [0.25, 0.3) is 0 Å². The monoisotopic (exact) mass is 384 g/mol. The number of hydrogen-bond donors (Lipinski definition) is 0. The molecule has 7 heteroatoms. The van der Waals surface area contributed by atoms with Crippen molar-refractivity contribution in [1.82, 2.24) is 9.21 Å². The molecule has 25 heavy (non-hydrogen) atoms. The van der Waals surface area contributed by atoms with E-state index in [1.165, 1.54) is 35.7 Å². The van der Waals surface area contributed by atoms with E-state index < -0.39 is 10.0 Å². The van der Waals surface area contributed by atoms with Gasteiger partial charge >= 0.3 is 0 Å². The van der Waals surface area contributed by atoms with Crippen molar-refractivity contribution in [1.29, 1.82) is 0 Å². The molecule has 1 heterocycles. The van der Waals surface area contributed by atoms with E-state index in [-0.39, 0.29) is 10.8 Å². The van der Waals surface area contributed by atoms with Gasteiger partial charge in [-0.3, -0.25) is 4.79 Å². The molecular formula is C18H25ClN2O3S. The topological polar surface area (TPSA) is 57.7 Å². The van der Waals surface area contributed by atoms with Crippen LogP contribution in [0.4, 0.5) is 0 Å². The number of halogens is 1. The second kappa shape index (κ2) is 8.06. The minimum Gasteiger partial charge on any atom is -0.340 e. The minimum atomic E-state index is -3.52. The van der Waals surface area contributed by atoms with Gasteiger partial charge in [-0.25, -0.2) is 8.42 Å². The van der Waals surface area contributed by atoms with Gasteiger partial charge in [0.1, 0.15) is 0 Å². The summed E-state index contributed by atoms with van der Waals surface area (Å²) >= 11 is 5.83. The second-order valence-corrected chi connectivity index (χ2v) is 9.32. The number of nitrogens with zero attached hydrogens (tertiary/aromatic N) is 2. The molecule has 1 amide bonds. The van der Waals surface area contributed by atoms with Crippen molar-refractivity contribution in [3.63, 3.8) is 0 Å². The zero-order valence-corrected chi connectivity index (χ0v) is 15.9. The zero-order valence-electron chi connectivity index (χ0n) is 14.4. The summed E-state index contributed by atoms with van der Waals surface area (Å²) in [6.45, 7) is 1.64. The molecule has 1 saturated carbocycles. The Morgan fingerprint density at radius 1 is 1.00 bits per heavy atom. The Morgan fingerprint density at radius 2 is 1.60 bits per heavy atom. The van der Waals surface area contributed by atoms with Gasteiger partial charge in [-0.1, -0.05) is 30.9 Å². The maximum Gasteiger partial charge on any atom is 0.243 e. The van der Waals surface area contributed by atoms with Crippen LogP contribution in [0.3, 0.4) is 0 Å². The van der Waals surface area contributed by atoms with Crippen molar-refractivity contribution in [2.75, 3.05) is 26.2 Å². The highest BCUT2D eigenvalue weighted by atomic mass is 35.5. The number of rotatable bonds is 4. The first kappa shape index (κ1) is 18.7. The van der Waals surface area contributed by atoms with Gasteiger partial charge in [-0.2, -0.15) is 4.31 Å². The molecule has 3 rings (SSSR count). The summed E-state index contributed by atoms with van der Waals surface area (Å²) in [6.07, 6.45) is 6.65. The predicted octanol–water partition coefficient (Wildman–Crippen LogP) is 3.14. The summed E-state index contributed by atoms with van der Waals surface area (Å²) in [4.78, 5) is 14.5. The molecule has 1 aliphatic carbocycles. The largest absolute Gasteiger partial charge is 0.340 e. The van der Waals surface area contributed by atoms with E-state index >= 15 is 0 Å². The van der Waals surface area contributed by atoms with Crippen molar-refractivity contribution < 1.29 is 13.2 Å². The molecule has 0 radical (unpaired) electrons.